The van der Waals surface area contributed by atoms with Gasteiger partial charge in [0.1, 0.15) is 11.4 Å². The Hall–Kier alpha value is -2.61. The van der Waals surface area contributed by atoms with E-state index in [2.05, 4.69) is 15.4 Å². The maximum atomic E-state index is 12.2. The van der Waals surface area contributed by atoms with Crippen molar-refractivity contribution in [3.05, 3.63) is 29.5 Å². The van der Waals surface area contributed by atoms with Crippen molar-refractivity contribution in [2.75, 3.05) is 18.4 Å². The summed E-state index contributed by atoms with van der Waals surface area (Å²) in [5.41, 5.74) is 3.34. The van der Waals surface area contributed by atoms with Gasteiger partial charge >= 0.3 is 0 Å². The van der Waals surface area contributed by atoms with Gasteiger partial charge in [-0.3, -0.25) is 4.79 Å². The number of phenols is 1. The number of hydrogen-bond acceptors (Lipinski definition) is 6. The fraction of sp³-hybridized carbons (Fsp3) is 0.450. The highest BCUT2D eigenvalue weighted by Gasteiger charge is 2.36. The molecule has 0 radical (unpaired) electrons. The normalized spacial score (nSPS) is 19.5. The molecule has 3 heterocycles. The molecule has 1 aliphatic heterocycles. The van der Waals surface area contributed by atoms with E-state index in [-0.39, 0.29) is 17.7 Å². The number of aromatic nitrogens is 3. The van der Waals surface area contributed by atoms with Crippen LogP contribution >= 0.6 is 11.3 Å². The predicted octanol–water partition coefficient (Wildman–Crippen LogP) is 3.23. The summed E-state index contributed by atoms with van der Waals surface area (Å²) in [6.45, 7) is 5.50. The molecule has 7 nitrogen and oxygen atoms in total. The summed E-state index contributed by atoms with van der Waals surface area (Å²) in [5, 5.41) is 19.2. The second-order valence-corrected chi connectivity index (χ2v) is 8.95. The highest BCUT2D eigenvalue weighted by molar-refractivity contribution is 7.22. The van der Waals surface area contributed by atoms with Crippen molar-refractivity contribution in [1.29, 1.82) is 0 Å². The smallest absolute Gasteiger partial charge is 0.225 e. The Morgan fingerprint density at radius 3 is 2.82 bits per heavy atom. The lowest BCUT2D eigenvalue weighted by Crippen LogP contribution is -2.32. The lowest BCUT2D eigenvalue weighted by atomic mass is 10.1. The minimum absolute atomic E-state index is 0.220. The van der Waals surface area contributed by atoms with Crippen molar-refractivity contribution in [3.63, 3.8) is 0 Å². The zero-order valence-corrected chi connectivity index (χ0v) is 16.8. The van der Waals surface area contributed by atoms with E-state index in [0.717, 1.165) is 53.3 Å². The number of carbonyl (C=O) groups is 1. The Balaban J connectivity index is 1.32. The van der Waals surface area contributed by atoms with Crippen molar-refractivity contribution < 1.29 is 9.90 Å². The number of thiazole rings is 1. The SMILES string of the molecule is Cc1cc(C)c(-n2cc3sc(NC4CCN(C(=O)C5CC5)C4)nc3n2)c(O)c1. The molecule has 146 valence electrons. The van der Waals surface area contributed by atoms with E-state index in [0.29, 0.717) is 17.2 Å². The molecule has 1 saturated heterocycles. The molecule has 1 atom stereocenters. The Bertz CT molecular complexity index is 1010. The monoisotopic (exact) mass is 397 g/mol. The van der Waals surface area contributed by atoms with Crippen LogP contribution in [0.2, 0.25) is 0 Å². The number of benzene rings is 1. The molecular weight excluding hydrogens is 374 g/mol. The van der Waals surface area contributed by atoms with E-state index in [4.69, 9.17) is 0 Å². The van der Waals surface area contributed by atoms with Gasteiger partial charge in [-0.2, -0.15) is 4.98 Å². The van der Waals surface area contributed by atoms with Gasteiger partial charge in [0, 0.05) is 25.0 Å². The number of nitrogens with zero attached hydrogens (tertiary/aromatic N) is 4. The quantitative estimate of drug-likeness (QED) is 0.706. The van der Waals surface area contributed by atoms with Crippen LogP contribution in [0.5, 0.6) is 5.75 Å². The summed E-state index contributed by atoms with van der Waals surface area (Å²) in [6, 6.07) is 4.02. The molecule has 1 unspecified atom stereocenters. The van der Waals surface area contributed by atoms with Gasteiger partial charge in [0.05, 0.1) is 10.9 Å². The number of hydrogen-bond donors (Lipinski definition) is 2. The second-order valence-electron chi connectivity index (χ2n) is 7.92. The molecule has 5 rings (SSSR count). The predicted molar refractivity (Wildman–Crippen MR) is 109 cm³/mol. The van der Waals surface area contributed by atoms with Gasteiger partial charge in [0.2, 0.25) is 5.91 Å². The van der Waals surface area contributed by atoms with Crippen LogP contribution in [-0.4, -0.2) is 49.8 Å². The third-order valence-corrected chi connectivity index (χ3v) is 6.39. The van der Waals surface area contributed by atoms with Crippen LogP contribution in [0.4, 0.5) is 5.13 Å². The lowest BCUT2D eigenvalue weighted by Gasteiger charge is -2.16. The number of aryl methyl sites for hydroxylation is 2. The number of anilines is 1. The van der Waals surface area contributed by atoms with Crippen molar-refractivity contribution in [2.24, 2.45) is 5.92 Å². The van der Waals surface area contributed by atoms with E-state index in [1.807, 2.05) is 31.0 Å². The van der Waals surface area contributed by atoms with E-state index < -0.39 is 0 Å². The Morgan fingerprint density at radius 2 is 2.11 bits per heavy atom. The van der Waals surface area contributed by atoms with Crippen LogP contribution in [0, 0.1) is 19.8 Å². The van der Waals surface area contributed by atoms with Crippen LogP contribution in [0.3, 0.4) is 0 Å². The first-order valence-corrected chi connectivity index (χ1v) is 10.5. The fourth-order valence-corrected chi connectivity index (χ4v) is 4.87. The molecule has 8 heteroatoms. The average Bonchev–Trinajstić information content (AvgIpc) is 3.08. The summed E-state index contributed by atoms with van der Waals surface area (Å²) >= 11 is 1.55. The van der Waals surface area contributed by atoms with Gasteiger partial charge in [0.25, 0.3) is 0 Å². The molecule has 3 aromatic rings. The Kier molecular flexibility index (Phi) is 4.04. The standard InChI is InChI=1S/C20H23N5O2S/c1-11-7-12(2)17(15(26)8-11)25-10-16-18(23-25)22-20(28-16)21-14-5-6-24(9-14)19(27)13-3-4-13/h7-8,10,13-14,26H,3-6,9H2,1-2H3,(H,21,22,23). The number of aromatic hydroxyl groups is 1. The molecule has 1 aliphatic carbocycles. The first-order valence-electron chi connectivity index (χ1n) is 9.70. The maximum Gasteiger partial charge on any atom is 0.225 e. The number of fused-ring (bicyclic) bond motifs is 1. The highest BCUT2D eigenvalue weighted by atomic mass is 32.1. The molecule has 2 aliphatic rings. The molecule has 0 bridgehead atoms. The van der Waals surface area contributed by atoms with Gasteiger partial charge in [0.15, 0.2) is 10.8 Å². The van der Waals surface area contributed by atoms with Gasteiger partial charge in [-0.1, -0.05) is 17.4 Å². The van der Waals surface area contributed by atoms with Crippen LogP contribution in [0.25, 0.3) is 16.0 Å². The van der Waals surface area contributed by atoms with Crippen molar-refractivity contribution >= 4 is 32.7 Å². The number of nitrogens with one attached hydrogen (secondary N) is 1. The highest BCUT2D eigenvalue weighted by Crippen LogP contribution is 2.34. The molecule has 1 amide bonds. The van der Waals surface area contributed by atoms with Gasteiger partial charge in [-0.05, 0) is 50.3 Å². The summed E-state index contributed by atoms with van der Waals surface area (Å²) < 4.78 is 2.67. The van der Waals surface area contributed by atoms with Crippen molar-refractivity contribution in [2.45, 2.75) is 39.2 Å². The minimum Gasteiger partial charge on any atom is -0.506 e. The van der Waals surface area contributed by atoms with Gasteiger partial charge in [-0.25, -0.2) is 4.68 Å². The number of likely N-dealkylation sites (tertiary alicyclic amines) is 1. The first kappa shape index (κ1) is 17.5. The number of amides is 1. The molecule has 2 aromatic heterocycles. The third-order valence-electron chi connectivity index (χ3n) is 5.48. The topological polar surface area (TPSA) is 83.3 Å². The van der Waals surface area contributed by atoms with Gasteiger partial charge < -0.3 is 15.3 Å². The van der Waals surface area contributed by atoms with Crippen LogP contribution in [-0.2, 0) is 4.79 Å². The van der Waals surface area contributed by atoms with Crippen LogP contribution < -0.4 is 5.32 Å². The largest absolute Gasteiger partial charge is 0.506 e. The Labute approximate surface area is 167 Å². The van der Waals surface area contributed by atoms with E-state index in [9.17, 15) is 9.90 Å². The molecule has 1 saturated carbocycles. The molecule has 28 heavy (non-hydrogen) atoms. The number of carbonyl (C=O) groups excluding carboxylic acids is 1. The molecule has 0 spiro atoms. The number of phenolic OH excluding ortho intramolecular Hbond substituents is 1. The second kappa shape index (κ2) is 6.48. The molecular formula is C20H23N5O2S. The van der Waals surface area contributed by atoms with E-state index in [1.165, 1.54) is 0 Å². The molecule has 2 N–H and O–H groups in total. The zero-order chi connectivity index (χ0) is 19.4. The summed E-state index contributed by atoms with van der Waals surface area (Å²) in [7, 11) is 0. The number of rotatable bonds is 4. The van der Waals surface area contributed by atoms with Crippen LogP contribution in [0.15, 0.2) is 18.3 Å². The summed E-state index contributed by atoms with van der Waals surface area (Å²) in [5.74, 6) is 0.819. The van der Waals surface area contributed by atoms with Crippen molar-refractivity contribution in [1.82, 2.24) is 19.7 Å². The van der Waals surface area contributed by atoms with Crippen molar-refractivity contribution in [3.8, 4) is 11.4 Å². The minimum atomic E-state index is 0.220. The third kappa shape index (κ3) is 3.11. The summed E-state index contributed by atoms with van der Waals surface area (Å²) in [4.78, 5) is 18.8. The molecule has 1 aromatic carbocycles. The average molecular weight is 398 g/mol. The lowest BCUT2D eigenvalue weighted by molar-refractivity contribution is -0.131. The fourth-order valence-electron chi connectivity index (χ4n) is 3.97. The summed E-state index contributed by atoms with van der Waals surface area (Å²) in [6.07, 6.45) is 4.96. The van der Waals surface area contributed by atoms with E-state index >= 15 is 0 Å². The zero-order valence-electron chi connectivity index (χ0n) is 16.0. The van der Waals surface area contributed by atoms with E-state index in [1.54, 1.807) is 22.1 Å². The molecule has 2 fully saturated rings. The first-order chi connectivity index (χ1) is 13.5. The maximum absolute atomic E-state index is 12.2. The Morgan fingerprint density at radius 1 is 1.29 bits per heavy atom. The van der Waals surface area contributed by atoms with Crippen LogP contribution in [0.1, 0.15) is 30.4 Å². The van der Waals surface area contributed by atoms with Gasteiger partial charge in [-0.15, -0.1) is 5.10 Å².